The first kappa shape index (κ1) is 25.0. The second-order valence-electron chi connectivity index (χ2n) is 6.98. The molecule has 33 heavy (non-hydrogen) atoms. The normalized spacial score (nSPS) is 12.2. The molecule has 1 heterocycles. The van der Waals surface area contributed by atoms with E-state index in [4.69, 9.17) is 9.47 Å². The lowest BCUT2D eigenvalue weighted by atomic mass is 10.3. The summed E-state index contributed by atoms with van der Waals surface area (Å²) in [5, 5.41) is 0. The van der Waals surface area contributed by atoms with Gasteiger partial charge in [-0.05, 0) is 55.1 Å². The number of rotatable bonds is 9. The van der Waals surface area contributed by atoms with Crippen molar-refractivity contribution in [2.45, 2.75) is 29.2 Å². The number of thiazole rings is 1. The van der Waals surface area contributed by atoms with Crippen molar-refractivity contribution in [2.24, 2.45) is 4.99 Å². The molecule has 0 aliphatic rings. The molecular weight excluding hydrogens is 484 g/mol. The average Bonchev–Trinajstić information content (AvgIpc) is 3.14. The summed E-state index contributed by atoms with van der Waals surface area (Å²) in [7, 11) is -0.719. The number of esters is 1. The van der Waals surface area contributed by atoms with Gasteiger partial charge in [-0.25, -0.2) is 8.42 Å². The summed E-state index contributed by atoms with van der Waals surface area (Å²) in [6, 6.07) is 11.9. The van der Waals surface area contributed by atoms with E-state index >= 15 is 0 Å². The highest BCUT2D eigenvalue weighted by Gasteiger charge is 2.16. The Balaban J connectivity index is 1.77. The van der Waals surface area contributed by atoms with Crippen molar-refractivity contribution in [3.63, 3.8) is 0 Å². The Kier molecular flexibility index (Phi) is 8.33. The number of carbonyl (C=O) groups excluding carboxylic acids is 2. The van der Waals surface area contributed by atoms with E-state index < -0.39 is 21.7 Å². The molecule has 3 aromatic rings. The summed E-state index contributed by atoms with van der Waals surface area (Å²) >= 11 is 2.89. The van der Waals surface area contributed by atoms with Crippen LogP contribution in [-0.2, 0) is 30.7 Å². The van der Waals surface area contributed by atoms with Gasteiger partial charge in [0.15, 0.2) is 14.6 Å². The first-order valence-electron chi connectivity index (χ1n) is 9.96. The van der Waals surface area contributed by atoms with Gasteiger partial charge in [-0.15, -0.1) is 11.8 Å². The molecule has 2 aromatic carbocycles. The van der Waals surface area contributed by atoms with Gasteiger partial charge in [0, 0.05) is 11.3 Å². The standard InChI is InChI=1S/C22H24N2O6S3/c1-29-15-6-9-17(10-7-15)33(27,28)12-4-5-20(25)23-22-24(14-21(26)30-2)18-11-8-16(31-3)13-19(18)32-22/h6-11,13H,4-5,12,14H2,1-3H3. The SMILES string of the molecule is COC(=O)Cn1c(=NC(=O)CCCS(=O)(=O)c2ccc(OC)cc2)sc2cc(SC)ccc21. The Labute approximate surface area is 200 Å². The van der Waals surface area contributed by atoms with Gasteiger partial charge in [0.2, 0.25) is 5.91 Å². The number of hydrogen-bond donors (Lipinski definition) is 0. The molecule has 11 heteroatoms. The van der Waals surface area contributed by atoms with E-state index in [1.165, 1.54) is 37.7 Å². The smallest absolute Gasteiger partial charge is 0.325 e. The minimum atomic E-state index is -3.53. The van der Waals surface area contributed by atoms with Crippen molar-refractivity contribution < 1.29 is 27.5 Å². The Bertz CT molecular complexity index is 1320. The van der Waals surface area contributed by atoms with Gasteiger partial charge in [0.25, 0.3) is 0 Å². The molecule has 0 saturated carbocycles. The predicted octanol–water partition coefficient (Wildman–Crippen LogP) is 3.29. The highest BCUT2D eigenvalue weighted by Crippen LogP contribution is 2.24. The van der Waals surface area contributed by atoms with Crippen LogP contribution in [0.5, 0.6) is 5.75 Å². The third-order valence-electron chi connectivity index (χ3n) is 4.85. The topological polar surface area (TPSA) is 104 Å². The number of hydrogen-bond acceptors (Lipinski definition) is 8. The highest BCUT2D eigenvalue weighted by atomic mass is 32.2. The second-order valence-corrected chi connectivity index (χ2v) is 11.0. The third-order valence-corrected chi connectivity index (χ3v) is 8.43. The Morgan fingerprint density at radius 1 is 1.12 bits per heavy atom. The van der Waals surface area contributed by atoms with E-state index in [-0.39, 0.29) is 30.0 Å². The summed E-state index contributed by atoms with van der Waals surface area (Å²) in [6.45, 7) is -0.0763. The summed E-state index contributed by atoms with van der Waals surface area (Å²) in [5.41, 5.74) is 0.775. The van der Waals surface area contributed by atoms with Crippen LogP contribution in [0.4, 0.5) is 0 Å². The summed E-state index contributed by atoms with van der Waals surface area (Å²) in [4.78, 5) is 30.2. The maximum Gasteiger partial charge on any atom is 0.325 e. The maximum absolute atomic E-state index is 12.5. The molecule has 3 rings (SSSR count). The monoisotopic (exact) mass is 508 g/mol. The number of benzene rings is 2. The first-order valence-corrected chi connectivity index (χ1v) is 13.7. The lowest BCUT2D eigenvalue weighted by Crippen LogP contribution is -2.22. The number of fused-ring (bicyclic) bond motifs is 1. The molecule has 0 radical (unpaired) electrons. The molecule has 1 aromatic heterocycles. The molecule has 8 nitrogen and oxygen atoms in total. The van der Waals surface area contributed by atoms with Gasteiger partial charge >= 0.3 is 5.97 Å². The zero-order valence-electron chi connectivity index (χ0n) is 18.4. The number of ether oxygens (including phenoxy) is 2. The number of amides is 1. The van der Waals surface area contributed by atoms with Crippen LogP contribution < -0.4 is 9.54 Å². The fourth-order valence-corrected chi connectivity index (χ4v) is 6.00. The molecular formula is C22H24N2O6S3. The molecule has 0 N–H and O–H groups in total. The molecule has 0 atom stereocenters. The van der Waals surface area contributed by atoms with Crippen LogP contribution in [0.15, 0.2) is 57.2 Å². The summed E-state index contributed by atoms with van der Waals surface area (Å²) < 4.78 is 37.4. The van der Waals surface area contributed by atoms with E-state index in [1.54, 1.807) is 28.5 Å². The predicted molar refractivity (Wildman–Crippen MR) is 128 cm³/mol. The Morgan fingerprint density at radius 2 is 1.85 bits per heavy atom. The molecule has 0 bridgehead atoms. The third kappa shape index (κ3) is 6.24. The lowest BCUT2D eigenvalue weighted by Gasteiger charge is -2.05. The highest BCUT2D eigenvalue weighted by molar-refractivity contribution is 7.98. The molecule has 0 aliphatic heterocycles. The lowest BCUT2D eigenvalue weighted by molar-refractivity contribution is -0.141. The van der Waals surface area contributed by atoms with Crippen molar-refractivity contribution in [1.82, 2.24) is 4.57 Å². The zero-order valence-corrected chi connectivity index (χ0v) is 20.9. The molecule has 0 saturated heterocycles. The van der Waals surface area contributed by atoms with Crippen molar-refractivity contribution in [1.29, 1.82) is 0 Å². The van der Waals surface area contributed by atoms with Crippen LogP contribution >= 0.6 is 23.1 Å². The number of sulfone groups is 1. The summed E-state index contributed by atoms with van der Waals surface area (Å²) in [6.07, 6.45) is 2.07. The van der Waals surface area contributed by atoms with E-state index in [1.807, 2.05) is 24.5 Å². The zero-order chi connectivity index (χ0) is 24.0. The number of carbonyl (C=O) groups is 2. The number of aromatic nitrogens is 1. The fraction of sp³-hybridized carbons (Fsp3) is 0.318. The first-order chi connectivity index (χ1) is 15.8. The van der Waals surface area contributed by atoms with E-state index in [2.05, 4.69) is 4.99 Å². The molecule has 0 fully saturated rings. The van der Waals surface area contributed by atoms with E-state index in [0.29, 0.717) is 10.6 Å². The minimum absolute atomic E-state index is 0.0298. The van der Waals surface area contributed by atoms with E-state index in [9.17, 15) is 18.0 Å². The van der Waals surface area contributed by atoms with Gasteiger partial charge in [0.05, 0.1) is 35.1 Å². The van der Waals surface area contributed by atoms with Crippen molar-refractivity contribution in [2.75, 3.05) is 26.2 Å². The van der Waals surface area contributed by atoms with Crippen LogP contribution in [0, 0.1) is 0 Å². The van der Waals surface area contributed by atoms with Gasteiger partial charge in [-0.2, -0.15) is 4.99 Å². The van der Waals surface area contributed by atoms with Gasteiger partial charge in [0.1, 0.15) is 12.3 Å². The molecule has 0 spiro atoms. The number of thioether (sulfide) groups is 1. The van der Waals surface area contributed by atoms with Crippen LogP contribution in [0.25, 0.3) is 10.2 Å². The van der Waals surface area contributed by atoms with Crippen molar-refractivity contribution >= 4 is 55.0 Å². The number of nitrogens with zero attached hydrogens (tertiary/aromatic N) is 2. The summed E-state index contributed by atoms with van der Waals surface area (Å²) in [5.74, 6) is -0.513. The van der Waals surface area contributed by atoms with Crippen LogP contribution in [0.2, 0.25) is 0 Å². The Hall–Kier alpha value is -2.63. The molecule has 0 aliphatic carbocycles. The minimum Gasteiger partial charge on any atom is -0.497 e. The molecule has 176 valence electrons. The van der Waals surface area contributed by atoms with Crippen LogP contribution in [0.3, 0.4) is 0 Å². The van der Waals surface area contributed by atoms with Crippen LogP contribution in [0.1, 0.15) is 12.8 Å². The van der Waals surface area contributed by atoms with Crippen molar-refractivity contribution in [3.05, 3.63) is 47.3 Å². The molecule has 1 amide bonds. The Morgan fingerprint density at radius 3 is 2.48 bits per heavy atom. The average molecular weight is 509 g/mol. The van der Waals surface area contributed by atoms with Gasteiger partial charge in [-0.3, -0.25) is 9.59 Å². The quantitative estimate of drug-likeness (QED) is 0.323. The van der Waals surface area contributed by atoms with Crippen LogP contribution in [-0.4, -0.2) is 51.1 Å². The second kappa shape index (κ2) is 11.0. The van der Waals surface area contributed by atoms with Gasteiger partial charge in [-0.1, -0.05) is 11.3 Å². The van der Waals surface area contributed by atoms with Crippen molar-refractivity contribution in [3.8, 4) is 5.75 Å². The number of methoxy groups -OCH3 is 2. The fourth-order valence-electron chi connectivity index (χ4n) is 3.09. The maximum atomic E-state index is 12.5. The largest absolute Gasteiger partial charge is 0.497 e. The van der Waals surface area contributed by atoms with E-state index in [0.717, 1.165) is 15.1 Å². The molecule has 0 unspecified atom stereocenters. The van der Waals surface area contributed by atoms with Gasteiger partial charge < -0.3 is 14.0 Å².